The number of rotatable bonds is 3. The molecule has 1 aromatic rings. The molecule has 22 heavy (non-hydrogen) atoms. The first-order chi connectivity index (χ1) is 10.6. The fraction of sp³-hybridized carbons (Fsp3) is 0.353. The second kappa shape index (κ2) is 5.75. The minimum Gasteiger partial charge on any atom is -0.497 e. The molecule has 0 saturated carbocycles. The zero-order valence-corrected chi connectivity index (χ0v) is 12.4. The van der Waals surface area contributed by atoms with E-state index in [0.717, 1.165) is 29.7 Å². The Morgan fingerprint density at radius 2 is 2.00 bits per heavy atom. The van der Waals surface area contributed by atoms with Crippen molar-refractivity contribution in [3.05, 3.63) is 63.4 Å². The van der Waals surface area contributed by atoms with E-state index in [1.165, 1.54) is 0 Å². The predicted molar refractivity (Wildman–Crippen MR) is 84.1 cm³/mol. The molecule has 0 amide bonds. The molecule has 2 unspecified atom stereocenters. The summed E-state index contributed by atoms with van der Waals surface area (Å²) in [7, 11) is 1.66. The Hall–Kier alpha value is -2.43. The second-order valence-electron chi connectivity index (χ2n) is 5.74. The summed E-state index contributed by atoms with van der Waals surface area (Å²) in [6, 6.07) is 6.74. The Bertz CT molecular complexity index is 674. The van der Waals surface area contributed by atoms with Crippen LogP contribution in [-0.4, -0.2) is 17.7 Å². The highest BCUT2D eigenvalue weighted by atomic mass is 16.6. The van der Waals surface area contributed by atoms with E-state index in [1.54, 1.807) is 19.2 Å². The first-order valence-corrected chi connectivity index (χ1v) is 7.38. The lowest BCUT2D eigenvalue weighted by Crippen LogP contribution is -2.26. The standard InChI is InChI=1S/C17H18N2O3/c1-22-17-4-2-3-14-15(9-12(18)10-16(14)17)11-5-7-13(8-6-11)19(20)21/h4-8,10,14-15,18H,2-3,9H2,1H3. The summed E-state index contributed by atoms with van der Waals surface area (Å²) >= 11 is 0. The van der Waals surface area contributed by atoms with Gasteiger partial charge in [0.1, 0.15) is 5.76 Å². The zero-order chi connectivity index (χ0) is 15.7. The van der Waals surface area contributed by atoms with Crippen molar-refractivity contribution in [3.8, 4) is 0 Å². The molecule has 0 fully saturated rings. The highest BCUT2D eigenvalue weighted by molar-refractivity contribution is 5.95. The van der Waals surface area contributed by atoms with Crippen molar-refractivity contribution in [2.24, 2.45) is 5.92 Å². The number of nitrogens with one attached hydrogen (secondary N) is 1. The van der Waals surface area contributed by atoms with Crippen molar-refractivity contribution in [2.75, 3.05) is 7.11 Å². The summed E-state index contributed by atoms with van der Waals surface area (Å²) in [5.41, 5.74) is 2.84. The summed E-state index contributed by atoms with van der Waals surface area (Å²) in [6.45, 7) is 0. The van der Waals surface area contributed by atoms with Gasteiger partial charge in [-0.1, -0.05) is 12.1 Å². The van der Waals surface area contributed by atoms with Gasteiger partial charge in [-0.2, -0.15) is 0 Å². The molecule has 5 heteroatoms. The lowest BCUT2D eigenvalue weighted by molar-refractivity contribution is -0.384. The molecule has 114 valence electrons. The first kappa shape index (κ1) is 14.5. The SMILES string of the molecule is COC1=CCCC2C1=CC(=N)CC2c1ccc([N+](=O)[O-])cc1. The Morgan fingerprint density at radius 3 is 2.64 bits per heavy atom. The molecule has 2 aliphatic rings. The van der Waals surface area contributed by atoms with Gasteiger partial charge in [0.05, 0.1) is 12.0 Å². The van der Waals surface area contributed by atoms with Gasteiger partial charge in [-0.25, -0.2) is 0 Å². The van der Waals surface area contributed by atoms with Crippen LogP contribution in [0.5, 0.6) is 0 Å². The van der Waals surface area contributed by atoms with Gasteiger partial charge >= 0.3 is 0 Å². The van der Waals surface area contributed by atoms with E-state index in [0.29, 0.717) is 18.1 Å². The van der Waals surface area contributed by atoms with Gasteiger partial charge in [0.15, 0.2) is 0 Å². The van der Waals surface area contributed by atoms with E-state index in [4.69, 9.17) is 10.1 Å². The van der Waals surface area contributed by atoms with Crippen molar-refractivity contribution in [3.63, 3.8) is 0 Å². The third-order valence-electron chi connectivity index (χ3n) is 4.50. The van der Waals surface area contributed by atoms with Gasteiger partial charge in [0.2, 0.25) is 0 Å². The van der Waals surface area contributed by atoms with Gasteiger partial charge in [0, 0.05) is 17.8 Å². The van der Waals surface area contributed by atoms with E-state index >= 15 is 0 Å². The number of nitrogens with zero attached hydrogens (tertiary/aromatic N) is 1. The van der Waals surface area contributed by atoms with Crippen LogP contribution in [0.15, 0.2) is 47.7 Å². The Kier molecular flexibility index (Phi) is 3.79. The zero-order valence-electron chi connectivity index (χ0n) is 12.4. The highest BCUT2D eigenvalue weighted by Gasteiger charge is 2.34. The molecule has 5 nitrogen and oxygen atoms in total. The number of nitro benzene ring substituents is 1. The molecule has 2 aliphatic carbocycles. The summed E-state index contributed by atoms with van der Waals surface area (Å²) < 4.78 is 5.45. The van der Waals surface area contributed by atoms with Gasteiger partial charge in [-0.15, -0.1) is 0 Å². The number of non-ortho nitro benzene ring substituents is 1. The smallest absolute Gasteiger partial charge is 0.269 e. The topological polar surface area (TPSA) is 76.2 Å². The van der Waals surface area contributed by atoms with Crippen molar-refractivity contribution in [1.82, 2.24) is 0 Å². The van der Waals surface area contributed by atoms with Crippen molar-refractivity contribution in [1.29, 1.82) is 5.41 Å². The maximum Gasteiger partial charge on any atom is 0.269 e. The summed E-state index contributed by atoms with van der Waals surface area (Å²) in [4.78, 5) is 10.4. The van der Waals surface area contributed by atoms with Crippen molar-refractivity contribution < 1.29 is 9.66 Å². The molecule has 0 aliphatic heterocycles. The molecule has 0 spiro atoms. The average Bonchev–Trinajstić information content (AvgIpc) is 2.53. The number of ether oxygens (including phenoxy) is 1. The normalized spacial score (nSPS) is 24.1. The maximum absolute atomic E-state index is 10.8. The quantitative estimate of drug-likeness (QED) is 0.677. The minimum atomic E-state index is -0.385. The number of hydrogen-bond donors (Lipinski definition) is 1. The number of fused-ring (bicyclic) bond motifs is 1. The van der Waals surface area contributed by atoms with E-state index in [1.807, 2.05) is 18.2 Å². The van der Waals surface area contributed by atoms with Crippen LogP contribution in [0.2, 0.25) is 0 Å². The first-order valence-electron chi connectivity index (χ1n) is 7.38. The summed E-state index contributed by atoms with van der Waals surface area (Å²) in [5.74, 6) is 1.37. The van der Waals surface area contributed by atoms with E-state index in [-0.39, 0.29) is 16.5 Å². The third-order valence-corrected chi connectivity index (χ3v) is 4.50. The van der Waals surface area contributed by atoms with Crippen LogP contribution in [0.1, 0.15) is 30.7 Å². The number of benzene rings is 1. The van der Waals surface area contributed by atoms with E-state index < -0.39 is 0 Å². The third kappa shape index (κ3) is 2.54. The maximum atomic E-state index is 10.8. The van der Waals surface area contributed by atoms with Crippen LogP contribution in [0.4, 0.5) is 5.69 Å². The van der Waals surface area contributed by atoms with Crippen LogP contribution >= 0.6 is 0 Å². The predicted octanol–water partition coefficient (Wildman–Crippen LogP) is 3.97. The number of nitro groups is 1. The highest BCUT2D eigenvalue weighted by Crippen LogP contribution is 2.45. The van der Waals surface area contributed by atoms with Gasteiger partial charge in [-0.3, -0.25) is 10.1 Å². The minimum absolute atomic E-state index is 0.103. The summed E-state index contributed by atoms with van der Waals surface area (Å²) in [6.07, 6.45) is 6.65. The molecule has 0 saturated heterocycles. The molecule has 0 radical (unpaired) electrons. The summed E-state index contributed by atoms with van der Waals surface area (Å²) in [5, 5.41) is 18.9. The van der Waals surface area contributed by atoms with Crippen molar-refractivity contribution in [2.45, 2.75) is 25.2 Å². The van der Waals surface area contributed by atoms with Gasteiger partial charge < -0.3 is 10.1 Å². The Morgan fingerprint density at radius 1 is 1.27 bits per heavy atom. The molecular formula is C17H18N2O3. The number of methoxy groups -OCH3 is 1. The largest absolute Gasteiger partial charge is 0.497 e. The molecular weight excluding hydrogens is 280 g/mol. The van der Waals surface area contributed by atoms with Crippen LogP contribution in [-0.2, 0) is 4.74 Å². The van der Waals surface area contributed by atoms with Crippen LogP contribution < -0.4 is 0 Å². The molecule has 1 N–H and O–H groups in total. The van der Waals surface area contributed by atoms with Gasteiger partial charge in [-0.05, 0) is 54.4 Å². The second-order valence-corrected chi connectivity index (χ2v) is 5.74. The molecule has 2 atom stereocenters. The molecule has 1 aromatic carbocycles. The van der Waals surface area contributed by atoms with Crippen LogP contribution in [0.3, 0.4) is 0 Å². The van der Waals surface area contributed by atoms with Crippen LogP contribution in [0, 0.1) is 21.4 Å². The molecule has 0 aromatic heterocycles. The lowest BCUT2D eigenvalue weighted by Gasteiger charge is -2.36. The molecule has 0 bridgehead atoms. The van der Waals surface area contributed by atoms with Crippen molar-refractivity contribution >= 4 is 11.4 Å². The molecule has 3 rings (SSSR count). The number of hydrogen-bond acceptors (Lipinski definition) is 4. The average molecular weight is 298 g/mol. The van der Waals surface area contributed by atoms with E-state index in [2.05, 4.69) is 6.08 Å². The monoisotopic (exact) mass is 298 g/mol. The van der Waals surface area contributed by atoms with Crippen LogP contribution in [0.25, 0.3) is 0 Å². The Balaban J connectivity index is 1.95. The number of allylic oxidation sites excluding steroid dienone is 3. The molecule has 0 heterocycles. The van der Waals surface area contributed by atoms with E-state index in [9.17, 15) is 10.1 Å². The fourth-order valence-electron chi connectivity index (χ4n) is 3.47. The van der Waals surface area contributed by atoms with Gasteiger partial charge in [0.25, 0.3) is 5.69 Å². The Labute approximate surface area is 129 Å². The lowest BCUT2D eigenvalue weighted by atomic mass is 9.70. The fourth-order valence-corrected chi connectivity index (χ4v) is 3.47.